The van der Waals surface area contributed by atoms with Crippen molar-refractivity contribution in [2.75, 3.05) is 14.2 Å². The molecule has 0 aromatic heterocycles. The Morgan fingerprint density at radius 1 is 0.667 bits per heavy atom. The molecule has 0 saturated carbocycles. The van der Waals surface area contributed by atoms with Gasteiger partial charge in [-0.3, -0.25) is 9.98 Å². The smallest absolute Gasteiger partial charge is 0.337 e. The minimum absolute atomic E-state index is 0.347. The maximum atomic E-state index is 11.6. The van der Waals surface area contributed by atoms with Crippen LogP contribution in [0.2, 0.25) is 0 Å². The maximum absolute atomic E-state index is 11.6. The lowest BCUT2D eigenvalue weighted by Crippen LogP contribution is -2.78. The Kier molecular flexibility index (Phi) is 6.59. The summed E-state index contributed by atoms with van der Waals surface area (Å²) in [5, 5.41) is 3.44. The molecule has 3 aromatic carbocycles. The van der Waals surface area contributed by atoms with Crippen molar-refractivity contribution in [1.29, 1.82) is 0 Å². The molecule has 7 nitrogen and oxygen atoms in total. The van der Waals surface area contributed by atoms with E-state index in [2.05, 4.69) is 27.4 Å². The Hall–Kier alpha value is -4.26. The fourth-order valence-electron chi connectivity index (χ4n) is 3.59. The topological polar surface area (TPSA) is 92.6 Å². The monoisotopic (exact) mass is 443 g/mol. The van der Waals surface area contributed by atoms with Crippen LogP contribution in [0, 0.1) is 0 Å². The molecule has 0 fully saturated rings. The number of nitrogens with one attached hydrogen (secondary N) is 3. The van der Waals surface area contributed by atoms with E-state index < -0.39 is 0 Å². The van der Waals surface area contributed by atoms with Gasteiger partial charge in [-0.05, 0) is 47.5 Å². The third-order valence-corrected chi connectivity index (χ3v) is 5.40. The molecule has 0 spiro atoms. The minimum Gasteiger partial charge on any atom is -0.465 e. The summed E-state index contributed by atoms with van der Waals surface area (Å²) >= 11 is 0. The summed E-state index contributed by atoms with van der Waals surface area (Å²) in [5.74, 6) is 1.12. The predicted molar refractivity (Wildman–Crippen MR) is 123 cm³/mol. The largest absolute Gasteiger partial charge is 0.465 e. The highest BCUT2D eigenvalue weighted by Crippen LogP contribution is 2.12. The molecule has 0 unspecified atom stereocenters. The molecular weight excluding hydrogens is 418 g/mol. The first kappa shape index (κ1) is 22.0. The number of fused-ring (bicyclic) bond motifs is 1. The summed E-state index contributed by atoms with van der Waals surface area (Å²) in [4.78, 5) is 30.1. The molecule has 0 saturated heterocycles. The van der Waals surface area contributed by atoms with Gasteiger partial charge in [0.25, 0.3) is 11.7 Å². The van der Waals surface area contributed by atoms with Crippen LogP contribution >= 0.6 is 0 Å². The molecule has 166 valence electrons. The van der Waals surface area contributed by atoms with Gasteiger partial charge in [0.2, 0.25) is 0 Å². The van der Waals surface area contributed by atoms with Gasteiger partial charge in [-0.2, -0.15) is 0 Å². The molecule has 0 aliphatic carbocycles. The van der Waals surface area contributed by atoms with Gasteiger partial charge in [0.15, 0.2) is 0 Å². The summed E-state index contributed by atoms with van der Waals surface area (Å²) in [6.45, 7) is 1.20. The number of rotatable bonds is 6. The van der Waals surface area contributed by atoms with Crippen LogP contribution in [0.5, 0.6) is 0 Å². The molecule has 3 aromatic rings. The summed E-state index contributed by atoms with van der Waals surface area (Å²) in [6.07, 6.45) is 0. The summed E-state index contributed by atoms with van der Waals surface area (Å²) in [6, 6.07) is 22.8. The zero-order valence-electron chi connectivity index (χ0n) is 18.5. The number of amidine groups is 2. The van der Waals surface area contributed by atoms with Crippen LogP contribution in [-0.2, 0) is 22.6 Å². The van der Waals surface area contributed by atoms with E-state index in [1.807, 2.05) is 36.4 Å². The lowest BCUT2D eigenvalue weighted by atomic mass is 10.1. The van der Waals surface area contributed by atoms with E-state index in [1.54, 1.807) is 24.3 Å². The number of benzene rings is 3. The van der Waals surface area contributed by atoms with Crippen LogP contribution in [0.15, 0.2) is 72.8 Å². The first-order chi connectivity index (χ1) is 16.1. The normalized spacial score (nSPS) is 14.6. The van der Waals surface area contributed by atoms with Gasteiger partial charge in [-0.25, -0.2) is 14.9 Å². The molecule has 3 N–H and O–H groups in total. The number of carbonyl (C=O) groups excluding carboxylic acids is 2. The Balaban J connectivity index is 1.49. The van der Waals surface area contributed by atoms with Gasteiger partial charge >= 0.3 is 11.9 Å². The molecule has 1 aliphatic heterocycles. The van der Waals surface area contributed by atoms with Crippen LogP contribution < -0.4 is 15.3 Å². The molecule has 0 radical (unpaired) electrons. The highest BCUT2D eigenvalue weighted by atomic mass is 16.5. The number of hydrogen-bond donors (Lipinski definition) is 3. The quantitative estimate of drug-likeness (QED) is 0.464. The van der Waals surface area contributed by atoms with E-state index in [4.69, 9.17) is 9.47 Å². The van der Waals surface area contributed by atoms with Gasteiger partial charge < -0.3 is 9.47 Å². The van der Waals surface area contributed by atoms with Crippen molar-refractivity contribution in [1.82, 2.24) is 5.32 Å². The Morgan fingerprint density at radius 3 is 1.42 bits per heavy atom. The number of methoxy groups -OCH3 is 2. The van der Waals surface area contributed by atoms with Crippen molar-refractivity contribution in [3.8, 4) is 0 Å². The van der Waals surface area contributed by atoms with E-state index in [1.165, 1.54) is 14.2 Å². The molecule has 0 atom stereocenters. The lowest BCUT2D eigenvalue weighted by Gasteiger charge is -2.01. The van der Waals surface area contributed by atoms with Crippen molar-refractivity contribution in [3.63, 3.8) is 0 Å². The molecule has 1 heterocycles. The summed E-state index contributed by atoms with van der Waals surface area (Å²) < 4.78 is 9.49. The van der Waals surface area contributed by atoms with Gasteiger partial charge in [0.05, 0.1) is 36.5 Å². The molecule has 7 heteroatoms. The zero-order chi connectivity index (χ0) is 23.2. The molecule has 1 aliphatic rings. The molecule has 0 bridgehead atoms. The minimum atomic E-state index is -0.347. The van der Waals surface area contributed by atoms with E-state index in [9.17, 15) is 9.59 Å². The van der Waals surface area contributed by atoms with Crippen molar-refractivity contribution >= 4 is 23.6 Å². The third kappa shape index (κ3) is 4.98. The van der Waals surface area contributed by atoms with Crippen LogP contribution in [0.25, 0.3) is 0 Å². The third-order valence-electron chi connectivity index (χ3n) is 5.40. The maximum Gasteiger partial charge on any atom is 0.337 e. The van der Waals surface area contributed by atoms with Crippen molar-refractivity contribution in [3.05, 3.63) is 106 Å². The average Bonchev–Trinajstić information content (AvgIpc) is 3.23. The van der Waals surface area contributed by atoms with Gasteiger partial charge in [0, 0.05) is 0 Å². The summed E-state index contributed by atoms with van der Waals surface area (Å²) in [7, 11) is 2.74. The highest BCUT2D eigenvalue weighted by molar-refractivity contribution is 6.21. The Labute approximate surface area is 191 Å². The molecule has 33 heavy (non-hydrogen) atoms. The Morgan fingerprint density at radius 2 is 1.06 bits per heavy atom. The number of carbonyl (C=O) groups is 2. The van der Waals surface area contributed by atoms with Gasteiger partial charge in [-0.15, -0.1) is 0 Å². The van der Waals surface area contributed by atoms with Crippen LogP contribution in [0.1, 0.15) is 43.0 Å². The Bertz CT molecular complexity index is 1130. The lowest BCUT2D eigenvalue weighted by molar-refractivity contribution is -0.481. The van der Waals surface area contributed by atoms with E-state index in [0.717, 1.165) is 33.9 Å². The average molecular weight is 444 g/mol. The second-order valence-electron chi connectivity index (χ2n) is 7.50. The van der Waals surface area contributed by atoms with Crippen LogP contribution in [0.3, 0.4) is 0 Å². The molecule has 4 rings (SSSR count). The number of ether oxygens (including phenoxy) is 2. The number of hydrogen-bond acceptors (Lipinski definition) is 4. The van der Waals surface area contributed by atoms with Crippen molar-refractivity contribution in [2.24, 2.45) is 0 Å². The molecular formula is C26H25N3O4+2. The molecule has 0 amide bonds. The van der Waals surface area contributed by atoms with Crippen LogP contribution in [-0.4, -0.2) is 37.8 Å². The second-order valence-corrected chi connectivity index (χ2v) is 7.50. The highest BCUT2D eigenvalue weighted by Gasteiger charge is 2.30. The van der Waals surface area contributed by atoms with Crippen LogP contribution in [0.4, 0.5) is 0 Å². The zero-order valence-corrected chi connectivity index (χ0v) is 18.5. The van der Waals surface area contributed by atoms with Crippen molar-refractivity contribution in [2.45, 2.75) is 13.1 Å². The van der Waals surface area contributed by atoms with E-state index in [-0.39, 0.29) is 11.9 Å². The summed E-state index contributed by atoms with van der Waals surface area (Å²) in [5.41, 5.74) is 5.29. The van der Waals surface area contributed by atoms with Gasteiger partial charge in [-0.1, -0.05) is 36.4 Å². The fraction of sp³-hybridized carbons (Fsp3) is 0.154. The van der Waals surface area contributed by atoms with E-state index in [0.29, 0.717) is 24.2 Å². The van der Waals surface area contributed by atoms with Crippen molar-refractivity contribution < 1.29 is 29.0 Å². The fourth-order valence-corrected chi connectivity index (χ4v) is 3.59. The predicted octanol–water partition coefficient (Wildman–Crippen LogP) is -0.0822. The first-order valence-electron chi connectivity index (χ1n) is 10.5. The van der Waals surface area contributed by atoms with Gasteiger partial charge in [0.1, 0.15) is 13.1 Å². The SMILES string of the molecule is COC(=O)c1ccc(C[NH+]=C2NC(=[NH+]Cc3ccc(C(=O)OC)cc3)c3ccccc32)cc1. The van der Waals surface area contributed by atoms with E-state index >= 15 is 0 Å². The number of esters is 2. The first-order valence-corrected chi connectivity index (χ1v) is 10.5. The second kappa shape index (κ2) is 9.91. The standard InChI is InChI=1S/C26H23N3O4/c1-32-25(30)19-11-7-17(8-12-19)15-27-23-21-5-3-4-6-22(21)24(29-23)28-16-18-9-13-20(14-10-18)26(31)33-2/h3-14H,15-16H2,1-2H3,(H,27,28,29)/p+2.